The summed E-state index contributed by atoms with van der Waals surface area (Å²) in [6.45, 7) is 0. The molecule has 0 atom stereocenters. The predicted octanol–water partition coefficient (Wildman–Crippen LogP) is 9.46. The Morgan fingerprint density at radius 1 is 0.353 bits per heavy atom. The van der Waals surface area contributed by atoms with E-state index in [1.807, 2.05) is 18.2 Å². The van der Waals surface area contributed by atoms with Crippen molar-refractivity contribution in [1.29, 1.82) is 0 Å². The minimum absolute atomic E-state index is 0.883. The molecule has 2 heterocycles. The number of benzene rings is 6. The van der Waals surface area contributed by atoms with Crippen molar-refractivity contribution in [2.45, 2.75) is 0 Å². The first-order valence-electron chi connectivity index (χ1n) is 11.5. The van der Waals surface area contributed by atoms with Crippen molar-refractivity contribution in [3.63, 3.8) is 0 Å². The molecule has 8 aromatic rings. The lowest BCUT2D eigenvalue weighted by atomic mass is 9.92. The Bertz CT molecular complexity index is 2020. The zero-order valence-electron chi connectivity index (χ0n) is 18.2. The lowest BCUT2D eigenvalue weighted by Crippen LogP contribution is -1.85. The highest BCUT2D eigenvalue weighted by Crippen LogP contribution is 2.40. The van der Waals surface area contributed by atoms with Crippen LogP contribution in [0.2, 0.25) is 0 Å². The van der Waals surface area contributed by atoms with Gasteiger partial charge in [-0.1, -0.05) is 72.8 Å². The highest BCUT2D eigenvalue weighted by molar-refractivity contribution is 6.17. The first-order valence-corrected chi connectivity index (χ1v) is 11.5. The van der Waals surface area contributed by atoms with Gasteiger partial charge in [-0.15, -0.1) is 0 Å². The number of para-hydroxylation sites is 1. The van der Waals surface area contributed by atoms with E-state index >= 15 is 0 Å². The maximum absolute atomic E-state index is 6.42. The second-order valence-electron chi connectivity index (χ2n) is 8.95. The number of hydrogen-bond acceptors (Lipinski definition) is 2. The molecule has 2 aromatic heterocycles. The molecule has 0 amide bonds. The molecule has 0 saturated carbocycles. The third-order valence-corrected chi connectivity index (χ3v) is 7.03. The molecule has 0 unspecified atom stereocenters. The standard InChI is InChI=1S/C32H18O2/c1-3-9-22-19(7-1)15-20-8-2-4-10-23(20)32(22)21-13-14-25-27-18-30-26(17-31(27)34-29(25)16-21)24-11-5-6-12-28(24)33-30/h1-18H. The Kier molecular flexibility index (Phi) is 3.42. The van der Waals surface area contributed by atoms with Crippen molar-refractivity contribution in [2.75, 3.05) is 0 Å². The van der Waals surface area contributed by atoms with Crippen molar-refractivity contribution >= 4 is 65.4 Å². The highest BCUT2D eigenvalue weighted by Gasteiger charge is 2.15. The molecule has 0 fully saturated rings. The van der Waals surface area contributed by atoms with Gasteiger partial charge in [-0.25, -0.2) is 0 Å². The number of furan rings is 2. The van der Waals surface area contributed by atoms with Crippen LogP contribution < -0.4 is 0 Å². The molecular formula is C32H18O2. The van der Waals surface area contributed by atoms with E-state index in [0.717, 1.165) is 49.4 Å². The van der Waals surface area contributed by atoms with E-state index in [0.29, 0.717) is 0 Å². The molecule has 0 N–H and O–H groups in total. The normalized spacial score (nSPS) is 12.1. The van der Waals surface area contributed by atoms with E-state index in [1.165, 1.54) is 27.1 Å². The smallest absolute Gasteiger partial charge is 0.136 e. The van der Waals surface area contributed by atoms with E-state index < -0.39 is 0 Å². The molecule has 0 spiro atoms. The largest absolute Gasteiger partial charge is 0.456 e. The van der Waals surface area contributed by atoms with Gasteiger partial charge >= 0.3 is 0 Å². The molecule has 0 aliphatic rings. The van der Waals surface area contributed by atoms with Crippen molar-refractivity contribution < 1.29 is 8.83 Å². The molecule has 0 aliphatic carbocycles. The maximum atomic E-state index is 6.42. The van der Waals surface area contributed by atoms with Crippen LogP contribution in [0.15, 0.2) is 118 Å². The first-order chi connectivity index (χ1) is 16.8. The van der Waals surface area contributed by atoms with E-state index in [-0.39, 0.29) is 0 Å². The Labute approximate surface area is 194 Å². The van der Waals surface area contributed by atoms with Crippen LogP contribution in [0.5, 0.6) is 0 Å². The Balaban J connectivity index is 1.43. The van der Waals surface area contributed by atoms with Gasteiger partial charge in [0.1, 0.15) is 22.3 Å². The van der Waals surface area contributed by atoms with E-state index in [1.54, 1.807) is 0 Å². The van der Waals surface area contributed by atoms with Gasteiger partial charge in [0, 0.05) is 21.5 Å². The minimum Gasteiger partial charge on any atom is -0.456 e. The van der Waals surface area contributed by atoms with Crippen molar-refractivity contribution in [1.82, 2.24) is 0 Å². The molecule has 158 valence electrons. The van der Waals surface area contributed by atoms with Crippen LogP contribution in [0, 0.1) is 0 Å². The van der Waals surface area contributed by atoms with E-state index in [2.05, 4.69) is 91.0 Å². The third-order valence-electron chi connectivity index (χ3n) is 7.03. The first kappa shape index (κ1) is 17.9. The average molecular weight is 434 g/mol. The van der Waals surface area contributed by atoms with Gasteiger partial charge in [0.15, 0.2) is 0 Å². The zero-order chi connectivity index (χ0) is 22.2. The van der Waals surface area contributed by atoms with Gasteiger partial charge < -0.3 is 8.83 Å². The highest BCUT2D eigenvalue weighted by atomic mass is 16.3. The fourth-order valence-electron chi connectivity index (χ4n) is 5.47. The van der Waals surface area contributed by atoms with E-state index in [4.69, 9.17) is 8.83 Å². The molecule has 2 nitrogen and oxygen atoms in total. The second-order valence-corrected chi connectivity index (χ2v) is 8.95. The number of hydrogen-bond donors (Lipinski definition) is 0. The van der Waals surface area contributed by atoms with E-state index in [9.17, 15) is 0 Å². The monoisotopic (exact) mass is 434 g/mol. The average Bonchev–Trinajstić information content (AvgIpc) is 3.42. The summed E-state index contributed by atoms with van der Waals surface area (Å²) >= 11 is 0. The number of rotatable bonds is 1. The Hall–Kier alpha value is -4.56. The maximum Gasteiger partial charge on any atom is 0.136 e. The summed E-state index contributed by atoms with van der Waals surface area (Å²) in [5.41, 5.74) is 5.97. The fourth-order valence-corrected chi connectivity index (χ4v) is 5.47. The van der Waals surface area contributed by atoms with Crippen LogP contribution in [-0.4, -0.2) is 0 Å². The summed E-state index contributed by atoms with van der Waals surface area (Å²) in [4.78, 5) is 0. The molecule has 0 aliphatic heterocycles. The predicted molar refractivity (Wildman–Crippen MR) is 141 cm³/mol. The topological polar surface area (TPSA) is 26.3 Å². The van der Waals surface area contributed by atoms with Crippen molar-refractivity contribution in [3.05, 3.63) is 109 Å². The minimum atomic E-state index is 0.883. The van der Waals surface area contributed by atoms with Crippen molar-refractivity contribution in [3.8, 4) is 11.1 Å². The zero-order valence-corrected chi connectivity index (χ0v) is 18.2. The van der Waals surface area contributed by atoms with Gasteiger partial charge in [0.05, 0.1) is 0 Å². The summed E-state index contributed by atoms with van der Waals surface area (Å²) in [6, 6.07) is 38.4. The van der Waals surface area contributed by atoms with Crippen LogP contribution in [-0.2, 0) is 0 Å². The molecule has 6 aromatic carbocycles. The van der Waals surface area contributed by atoms with Crippen LogP contribution in [0.3, 0.4) is 0 Å². The SMILES string of the molecule is c1ccc2c(-c3ccc4c(c3)oc3cc5c(cc34)oc3ccccc35)c3ccccc3cc2c1. The molecule has 8 rings (SSSR count). The second kappa shape index (κ2) is 6.49. The molecule has 34 heavy (non-hydrogen) atoms. The number of fused-ring (bicyclic) bond motifs is 8. The lowest BCUT2D eigenvalue weighted by molar-refractivity contribution is 0.664. The molecular weight excluding hydrogens is 416 g/mol. The molecule has 0 radical (unpaired) electrons. The molecule has 2 heteroatoms. The van der Waals surface area contributed by atoms with Gasteiger partial charge in [0.25, 0.3) is 0 Å². The van der Waals surface area contributed by atoms with Crippen LogP contribution >= 0.6 is 0 Å². The molecule has 0 bridgehead atoms. The summed E-state index contributed by atoms with van der Waals surface area (Å²) in [7, 11) is 0. The van der Waals surface area contributed by atoms with Crippen LogP contribution in [0.4, 0.5) is 0 Å². The quantitative estimate of drug-likeness (QED) is 0.240. The van der Waals surface area contributed by atoms with Gasteiger partial charge in [-0.2, -0.15) is 0 Å². The summed E-state index contributed by atoms with van der Waals surface area (Å²) in [5, 5.41) is 9.37. The van der Waals surface area contributed by atoms with Gasteiger partial charge in [0.2, 0.25) is 0 Å². The Morgan fingerprint density at radius 3 is 1.59 bits per heavy atom. The van der Waals surface area contributed by atoms with Crippen LogP contribution in [0.25, 0.3) is 76.5 Å². The summed E-state index contributed by atoms with van der Waals surface area (Å²) < 4.78 is 12.6. The Morgan fingerprint density at radius 2 is 0.882 bits per heavy atom. The van der Waals surface area contributed by atoms with Crippen LogP contribution in [0.1, 0.15) is 0 Å². The van der Waals surface area contributed by atoms with Gasteiger partial charge in [-0.05, 0) is 69.1 Å². The summed E-state index contributed by atoms with van der Waals surface area (Å²) in [5.74, 6) is 0. The lowest BCUT2D eigenvalue weighted by Gasteiger charge is -2.12. The van der Waals surface area contributed by atoms with Crippen molar-refractivity contribution in [2.24, 2.45) is 0 Å². The van der Waals surface area contributed by atoms with Gasteiger partial charge in [-0.3, -0.25) is 0 Å². The fraction of sp³-hybridized carbons (Fsp3) is 0. The third kappa shape index (κ3) is 2.40. The molecule has 0 saturated heterocycles. The summed E-state index contributed by atoms with van der Waals surface area (Å²) in [6.07, 6.45) is 0.